The molecule has 1 heterocycles. The van der Waals surface area contributed by atoms with Crippen LogP contribution in [0, 0.1) is 11.8 Å². The molecule has 1 saturated heterocycles. The van der Waals surface area contributed by atoms with Crippen LogP contribution in [0.4, 0.5) is 0 Å². The number of nitrogens with zero attached hydrogens (tertiary/aromatic N) is 1. The van der Waals surface area contributed by atoms with Gasteiger partial charge in [0.25, 0.3) is 0 Å². The van der Waals surface area contributed by atoms with Gasteiger partial charge in [0.05, 0.1) is 18.7 Å². The predicted molar refractivity (Wildman–Crippen MR) is 118 cm³/mol. The minimum atomic E-state index is -0.817. The number of carbonyl (C=O) groups excluding carboxylic acids is 1. The number of carboxylic acids is 1. The second-order valence-corrected chi connectivity index (χ2v) is 8.13. The first kappa shape index (κ1) is 23.7. The molecule has 30 heavy (non-hydrogen) atoms. The summed E-state index contributed by atoms with van der Waals surface area (Å²) in [5.41, 5.74) is 2.37. The molecule has 1 amide bonds. The zero-order valence-electron chi connectivity index (χ0n) is 18.0. The molecule has 5 nitrogen and oxygen atoms in total. The highest BCUT2D eigenvalue weighted by Crippen LogP contribution is 2.20. The number of benzene rings is 1. The van der Waals surface area contributed by atoms with Crippen LogP contribution in [0.25, 0.3) is 0 Å². The maximum absolute atomic E-state index is 12.3. The van der Waals surface area contributed by atoms with Crippen LogP contribution in [0.5, 0.6) is 0 Å². The summed E-state index contributed by atoms with van der Waals surface area (Å²) in [7, 11) is 0. The van der Waals surface area contributed by atoms with Crippen molar-refractivity contribution < 1.29 is 19.8 Å². The number of likely N-dealkylation sites (tertiary alicyclic amines) is 1. The van der Waals surface area contributed by atoms with Gasteiger partial charge in [-0.15, -0.1) is 5.92 Å². The van der Waals surface area contributed by atoms with Crippen LogP contribution in [0.15, 0.2) is 36.4 Å². The van der Waals surface area contributed by atoms with E-state index in [1.165, 1.54) is 5.56 Å². The van der Waals surface area contributed by atoms with E-state index in [0.717, 1.165) is 18.4 Å². The van der Waals surface area contributed by atoms with Crippen molar-refractivity contribution in [2.75, 3.05) is 6.54 Å². The van der Waals surface area contributed by atoms with Crippen LogP contribution in [0.1, 0.15) is 69.4 Å². The number of unbranched alkanes of at least 4 members (excludes halogenated alkanes) is 1. The van der Waals surface area contributed by atoms with Gasteiger partial charge in [-0.2, -0.15) is 0 Å². The average molecular weight is 412 g/mol. The summed E-state index contributed by atoms with van der Waals surface area (Å²) in [6.45, 7) is 4.65. The minimum Gasteiger partial charge on any atom is -0.481 e. The Bertz CT molecular complexity index is 786. The van der Waals surface area contributed by atoms with Gasteiger partial charge in [-0.05, 0) is 36.3 Å². The standard InChI is InChI=1S/C25H33NO4/c1-19(2)21-13-11-20(12-14-21)18-23(27)16-15-22-8-7-9-24(28)26(22)17-6-4-3-5-10-25(29)30/h11-16,19,22-23,27H,3,5,7-10,17-18H2,1-2H3,(H,29,30)/b16-15+/t22-,23?/m1/s1. The van der Waals surface area contributed by atoms with Crippen LogP contribution in [-0.2, 0) is 16.0 Å². The van der Waals surface area contributed by atoms with Crippen LogP contribution in [0.2, 0.25) is 0 Å². The number of amides is 1. The van der Waals surface area contributed by atoms with Crippen molar-refractivity contribution in [1.29, 1.82) is 0 Å². The molecule has 0 radical (unpaired) electrons. The van der Waals surface area contributed by atoms with Crippen LogP contribution < -0.4 is 0 Å². The van der Waals surface area contributed by atoms with Gasteiger partial charge < -0.3 is 15.1 Å². The number of hydrogen-bond donors (Lipinski definition) is 2. The van der Waals surface area contributed by atoms with Crippen molar-refractivity contribution in [3.8, 4) is 11.8 Å². The Balaban J connectivity index is 1.89. The largest absolute Gasteiger partial charge is 0.481 e. The molecule has 1 unspecified atom stereocenters. The van der Waals surface area contributed by atoms with E-state index in [1.54, 1.807) is 11.0 Å². The molecule has 162 valence electrons. The molecular formula is C25H33NO4. The maximum atomic E-state index is 12.3. The highest BCUT2D eigenvalue weighted by atomic mass is 16.4. The summed E-state index contributed by atoms with van der Waals surface area (Å²) >= 11 is 0. The molecule has 0 aromatic heterocycles. The molecule has 1 aliphatic heterocycles. The Kier molecular flexibility index (Phi) is 9.63. The Labute approximate surface area is 179 Å². The number of aliphatic carboxylic acids is 1. The normalized spacial score (nSPS) is 17.8. The van der Waals surface area contributed by atoms with E-state index in [9.17, 15) is 14.7 Å². The molecule has 1 aromatic carbocycles. The van der Waals surface area contributed by atoms with E-state index in [2.05, 4.69) is 50.0 Å². The quantitative estimate of drug-likeness (QED) is 0.367. The van der Waals surface area contributed by atoms with E-state index in [0.29, 0.717) is 38.1 Å². The summed E-state index contributed by atoms with van der Waals surface area (Å²) in [6, 6.07) is 8.27. The number of carbonyl (C=O) groups is 2. The smallest absolute Gasteiger partial charge is 0.303 e. The monoisotopic (exact) mass is 411 g/mol. The van der Waals surface area contributed by atoms with Gasteiger partial charge in [0.15, 0.2) is 0 Å². The summed E-state index contributed by atoms with van der Waals surface area (Å²) in [5.74, 6) is 5.70. The predicted octanol–water partition coefficient (Wildman–Crippen LogP) is 3.91. The molecule has 0 spiro atoms. The first-order valence-electron chi connectivity index (χ1n) is 10.8. The Morgan fingerprint density at radius 3 is 2.67 bits per heavy atom. The molecular weight excluding hydrogens is 378 g/mol. The number of rotatable bonds is 9. The Morgan fingerprint density at radius 2 is 2.00 bits per heavy atom. The average Bonchev–Trinajstić information content (AvgIpc) is 2.70. The molecule has 0 aliphatic carbocycles. The molecule has 1 aromatic rings. The lowest BCUT2D eigenvalue weighted by Crippen LogP contribution is -2.42. The summed E-state index contributed by atoms with van der Waals surface area (Å²) < 4.78 is 0. The number of piperidine rings is 1. The topological polar surface area (TPSA) is 77.8 Å². The minimum absolute atomic E-state index is 0.0578. The van der Waals surface area contributed by atoms with Crippen LogP contribution in [-0.4, -0.2) is 45.7 Å². The molecule has 1 aliphatic rings. The van der Waals surface area contributed by atoms with E-state index < -0.39 is 12.1 Å². The molecule has 2 rings (SSSR count). The van der Waals surface area contributed by atoms with Crippen LogP contribution >= 0.6 is 0 Å². The lowest BCUT2D eigenvalue weighted by Gasteiger charge is -2.32. The molecule has 2 atom stereocenters. The molecule has 1 fully saturated rings. The van der Waals surface area contributed by atoms with Crippen molar-refractivity contribution in [3.63, 3.8) is 0 Å². The third kappa shape index (κ3) is 8.04. The summed E-state index contributed by atoms with van der Waals surface area (Å²) in [6.07, 6.45) is 7.02. The second-order valence-electron chi connectivity index (χ2n) is 8.13. The van der Waals surface area contributed by atoms with Crippen molar-refractivity contribution in [3.05, 3.63) is 47.5 Å². The highest BCUT2D eigenvalue weighted by molar-refractivity contribution is 5.78. The van der Waals surface area contributed by atoms with E-state index in [4.69, 9.17) is 5.11 Å². The van der Waals surface area contributed by atoms with Gasteiger partial charge in [0.2, 0.25) is 5.91 Å². The van der Waals surface area contributed by atoms with Crippen LogP contribution in [0.3, 0.4) is 0 Å². The fraction of sp³-hybridized carbons (Fsp3) is 0.520. The third-order valence-electron chi connectivity index (χ3n) is 5.32. The Hall–Kier alpha value is -2.58. The number of hydrogen-bond acceptors (Lipinski definition) is 3. The van der Waals surface area contributed by atoms with Crippen molar-refractivity contribution in [2.24, 2.45) is 0 Å². The van der Waals surface area contributed by atoms with Gasteiger partial charge in [-0.3, -0.25) is 9.59 Å². The molecule has 0 bridgehead atoms. The van der Waals surface area contributed by atoms with Gasteiger partial charge in [0.1, 0.15) is 0 Å². The van der Waals surface area contributed by atoms with Gasteiger partial charge in [-0.1, -0.05) is 56.2 Å². The molecule has 5 heteroatoms. The fourth-order valence-electron chi connectivity index (χ4n) is 3.51. The van der Waals surface area contributed by atoms with Gasteiger partial charge >= 0.3 is 5.97 Å². The third-order valence-corrected chi connectivity index (χ3v) is 5.32. The Morgan fingerprint density at radius 1 is 1.27 bits per heavy atom. The first-order chi connectivity index (χ1) is 14.4. The zero-order valence-corrected chi connectivity index (χ0v) is 18.0. The lowest BCUT2D eigenvalue weighted by atomic mass is 9.98. The molecule has 0 saturated carbocycles. The second kappa shape index (κ2) is 12.2. The number of aliphatic hydroxyl groups is 1. The van der Waals surface area contributed by atoms with E-state index in [1.807, 2.05) is 6.08 Å². The van der Waals surface area contributed by atoms with E-state index >= 15 is 0 Å². The maximum Gasteiger partial charge on any atom is 0.303 e. The molecule has 2 N–H and O–H groups in total. The number of carboxylic acid groups (broad SMARTS) is 1. The van der Waals surface area contributed by atoms with Gasteiger partial charge in [-0.25, -0.2) is 0 Å². The first-order valence-corrected chi connectivity index (χ1v) is 10.8. The zero-order chi connectivity index (χ0) is 21.9. The summed E-state index contributed by atoms with van der Waals surface area (Å²) in [4.78, 5) is 24.6. The number of aliphatic hydroxyl groups excluding tert-OH is 1. The lowest BCUT2D eigenvalue weighted by molar-refractivity contribution is -0.137. The highest BCUT2D eigenvalue weighted by Gasteiger charge is 2.25. The van der Waals surface area contributed by atoms with Crippen molar-refractivity contribution >= 4 is 11.9 Å². The van der Waals surface area contributed by atoms with Gasteiger partial charge in [0, 0.05) is 25.7 Å². The van der Waals surface area contributed by atoms with Crippen molar-refractivity contribution in [1.82, 2.24) is 4.90 Å². The summed E-state index contributed by atoms with van der Waals surface area (Å²) in [5, 5.41) is 19.1. The SMILES string of the molecule is CC(C)c1ccc(CC(O)/C=C/[C@H]2CCCC(=O)N2CC#CCCCC(=O)O)cc1. The van der Waals surface area contributed by atoms with Crippen molar-refractivity contribution in [2.45, 2.75) is 76.9 Å². The van der Waals surface area contributed by atoms with E-state index in [-0.39, 0.29) is 18.4 Å². The fourth-order valence-corrected chi connectivity index (χ4v) is 3.51.